The summed E-state index contributed by atoms with van der Waals surface area (Å²) in [5.74, 6) is -0.171. The summed E-state index contributed by atoms with van der Waals surface area (Å²) >= 11 is 13.8. The first-order valence-corrected chi connectivity index (χ1v) is 7.64. The highest BCUT2D eigenvalue weighted by Crippen LogP contribution is 2.24. The van der Waals surface area contributed by atoms with Crippen molar-refractivity contribution in [3.05, 3.63) is 63.1 Å². The van der Waals surface area contributed by atoms with E-state index < -0.39 is 0 Å². The van der Waals surface area contributed by atoms with Gasteiger partial charge in [-0.1, -0.05) is 45.7 Å². The molecule has 1 atom stereocenters. The van der Waals surface area contributed by atoms with Crippen LogP contribution in [0.2, 0.25) is 5.02 Å². The van der Waals surface area contributed by atoms with E-state index in [1.54, 1.807) is 12.1 Å². The number of rotatable bonds is 3. The average molecular weight is 371 g/mol. The Kier molecular flexibility index (Phi) is 5.13. The number of benzene rings is 2. The van der Waals surface area contributed by atoms with Gasteiger partial charge in [-0.05, 0) is 36.8 Å². The molecule has 0 radical (unpaired) electrons. The van der Waals surface area contributed by atoms with E-state index in [2.05, 4.69) is 33.9 Å². The molecule has 2 aromatic carbocycles. The number of thiol groups is 1. The zero-order valence-electron chi connectivity index (χ0n) is 10.7. The van der Waals surface area contributed by atoms with Crippen molar-refractivity contribution in [1.82, 2.24) is 5.32 Å². The smallest absolute Gasteiger partial charge is 0.252 e. The molecule has 0 aliphatic rings. The quantitative estimate of drug-likeness (QED) is 0.741. The summed E-state index contributed by atoms with van der Waals surface area (Å²) in [4.78, 5) is 12.9. The van der Waals surface area contributed by atoms with E-state index in [9.17, 15) is 4.79 Å². The minimum Gasteiger partial charge on any atom is -0.345 e. The molecule has 20 heavy (non-hydrogen) atoms. The summed E-state index contributed by atoms with van der Waals surface area (Å²) < 4.78 is 0.887. The van der Waals surface area contributed by atoms with Crippen molar-refractivity contribution in [2.45, 2.75) is 17.9 Å². The van der Waals surface area contributed by atoms with Crippen molar-refractivity contribution in [1.29, 1.82) is 0 Å². The van der Waals surface area contributed by atoms with Gasteiger partial charge in [0.25, 0.3) is 5.91 Å². The molecule has 0 saturated carbocycles. The number of amides is 1. The van der Waals surface area contributed by atoms with Crippen LogP contribution < -0.4 is 5.32 Å². The van der Waals surface area contributed by atoms with Crippen LogP contribution in [0.15, 0.2) is 51.8 Å². The van der Waals surface area contributed by atoms with Crippen molar-refractivity contribution >= 4 is 46.1 Å². The summed E-state index contributed by atoms with van der Waals surface area (Å²) in [7, 11) is 0. The van der Waals surface area contributed by atoms with Gasteiger partial charge in [0.1, 0.15) is 0 Å². The largest absolute Gasteiger partial charge is 0.345 e. The third kappa shape index (κ3) is 3.57. The van der Waals surface area contributed by atoms with Gasteiger partial charge in [0, 0.05) is 14.4 Å². The van der Waals surface area contributed by atoms with Crippen molar-refractivity contribution in [3.8, 4) is 0 Å². The molecular weight excluding hydrogens is 358 g/mol. The Bertz CT molecular complexity index is 648. The number of nitrogens with one attached hydrogen (secondary N) is 1. The molecule has 0 bridgehead atoms. The lowest BCUT2D eigenvalue weighted by Crippen LogP contribution is -2.27. The Morgan fingerprint density at radius 3 is 2.65 bits per heavy atom. The van der Waals surface area contributed by atoms with E-state index in [-0.39, 0.29) is 11.9 Å². The molecule has 0 saturated heterocycles. The van der Waals surface area contributed by atoms with Gasteiger partial charge in [-0.15, -0.1) is 12.6 Å². The second kappa shape index (κ2) is 6.66. The van der Waals surface area contributed by atoms with Crippen molar-refractivity contribution in [2.24, 2.45) is 0 Å². The Hall–Kier alpha value is -0.970. The van der Waals surface area contributed by atoms with Crippen molar-refractivity contribution in [3.63, 3.8) is 0 Å². The minimum atomic E-state index is -0.174. The number of carbonyl (C=O) groups excluding carboxylic acids is 1. The second-order valence-electron chi connectivity index (χ2n) is 4.38. The predicted octanol–water partition coefficient (Wildman–Crippen LogP) is 4.88. The first kappa shape index (κ1) is 15.4. The summed E-state index contributed by atoms with van der Waals surface area (Å²) in [5, 5.41) is 3.57. The van der Waals surface area contributed by atoms with Crippen molar-refractivity contribution < 1.29 is 4.79 Å². The maximum absolute atomic E-state index is 12.3. The van der Waals surface area contributed by atoms with E-state index in [1.165, 1.54) is 0 Å². The standard InChI is InChI=1S/C15H13BrClNOS/c1-9(11-4-2-3-5-13(11)17)18-15(19)12-7-6-10(16)8-14(12)20/h2-9,20H,1H3,(H,18,19). The van der Waals surface area contributed by atoms with Gasteiger partial charge in [0.2, 0.25) is 0 Å². The van der Waals surface area contributed by atoms with Crippen LogP contribution in [0.5, 0.6) is 0 Å². The molecule has 0 aromatic heterocycles. The summed E-state index contributed by atoms with van der Waals surface area (Å²) in [6.07, 6.45) is 0. The highest BCUT2D eigenvalue weighted by Gasteiger charge is 2.15. The van der Waals surface area contributed by atoms with Crippen LogP contribution in [0.4, 0.5) is 0 Å². The molecule has 2 rings (SSSR count). The number of hydrogen-bond donors (Lipinski definition) is 2. The van der Waals surface area contributed by atoms with Gasteiger partial charge in [-0.2, -0.15) is 0 Å². The third-order valence-electron chi connectivity index (χ3n) is 2.92. The first-order valence-electron chi connectivity index (χ1n) is 6.03. The highest BCUT2D eigenvalue weighted by atomic mass is 79.9. The molecule has 2 nitrogen and oxygen atoms in total. The third-order valence-corrected chi connectivity index (χ3v) is 4.13. The zero-order valence-corrected chi connectivity index (χ0v) is 14.0. The van der Waals surface area contributed by atoms with E-state index in [1.807, 2.05) is 37.3 Å². The lowest BCUT2D eigenvalue weighted by Gasteiger charge is -2.16. The molecule has 104 valence electrons. The van der Waals surface area contributed by atoms with Gasteiger partial charge in [0.15, 0.2) is 0 Å². The van der Waals surface area contributed by atoms with E-state index in [0.717, 1.165) is 10.0 Å². The number of carbonyl (C=O) groups is 1. The molecule has 0 aliphatic carbocycles. The van der Waals surface area contributed by atoms with E-state index in [4.69, 9.17) is 11.6 Å². The average Bonchev–Trinajstić information content (AvgIpc) is 2.38. The summed E-state index contributed by atoms with van der Waals surface area (Å²) in [6, 6.07) is 12.6. The van der Waals surface area contributed by atoms with Crippen LogP contribution in [0.1, 0.15) is 28.9 Å². The van der Waals surface area contributed by atoms with E-state index in [0.29, 0.717) is 15.5 Å². The molecular formula is C15H13BrClNOS. The number of hydrogen-bond acceptors (Lipinski definition) is 2. The van der Waals surface area contributed by atoms with Crippen LogP contribution in [0, 0.1) is 0 Å². The molecule has 1 unspecified atom stereocenters. The molecule has 2 aromatic rings. The van der Waals surface area contributed by atoms with E-state index >= 15 is 0 Å². The van der Waals surface area contributed by atoms with Crippen LogP contribution >= 0.6 is 40.2 Å². The lowest BCUT2D eigenvalue weighted by molar-refractivity contribution is 0.0937. The molecule has 0 heterocycles. The lowest BCUT2D eigenvalue weighted by atomic mass is 10.1. The normalized spacial score (nSPS) is 12.0. The Morgan fingerprint density at radius 1 is 1.30 bits per heavy atom. The van der Waals surface area contributed by atoms with Crippen LogP contribution in [0.25, 0.3) is 0 Å². The van der Waals surface area contributed by atoms with Crippen LogP contribution in [-0.2, 0) is 0 Å². The van der Waals surface area contributed by atoms with Gasteiger partial charge < -0.3 is 5.32 Å². The predicted molar refractivity (Wildman–Crippen MR) is 88.7 cm³/mol. The fourth-order valence-corrected chi connectivity index (χ4v) is 3.03. The summed E-state index contributed by atoms with van der Waals surface area (Å²) in [5.41, 5.74) is 1.43. The second-order valence-corrected chi connectivity index (χ2v) is 6.18. The molecule has 1 amide bonds. The fourth-order valence-electron chi connectivity index (χ4n) is 1.88. The Labute approximate surface area is 137 Å². The van der Waals surface area contributed by atoms with Gasteiger partial charge >= 0.3 is 0 Å². The monoisotopic (exact) mass is 369 g/mol. The van der Waals surface area contributed by atoms with Crippen LogP contribution in [0.3, 0.4) is 0 Å². The Morgan fingerprint density at radius 2 is 2.00 bits per heavy atom. The SMILES string of the molecule is CC(NC(=O)c1ccc(Br)cc1S)c1ccccc1Cl. The Balaban J connectivity index is 2.17. The molecule has 0 fully saturated rings. The van der Waals surface area contributed by atoms with Gasteiger partial charge in [-0.3, -0.25) is 4.79 Å². The molecule has 5 heteroatoms. The minimum absolute atomic E-state index is 0.171. The zero-order chi connectivity index (χ0) is 14.7. The molecule has 0 spiro atoms. The summed E-state index contributed by atoms with van der Waals surface area (Å²) in [6.45, 7) is 1.90. The maximum Gasteiger partial charge on any atom is 0.252 e. The van der Waals surface area contributed by atoms with Gasteiger partial charge in [0.05, 0.1) is 11.6 Å². The highest BCUT2D eigenvalue weighted by molar-refractivity contribution is 9.10. The first-order chi connectivity index (χ1) is 9.49. The maximum atomic E-state index is 12.3. The molecule has 1 N–H and O–H groups in total. The van der Waals surface area contributed by atoms with Crippen molar-refractivity contribution in [2.75, 3.05) is 0 Å². The molecule has 0 aliphatic heterocycles. The van der Waals surface area contributed by atoms with Gasteiger partial charge in [-0.25, -0.2) is 0 Å². The van der Waals surface area contributed by atoms with Crippen LogP contribution in [-0.4, -0.2) is 5.91 Å². The number of halogens is 2. The topological polar surface area (TPSA) is 29.1 Å². The fraction of sp³-hybridized carbons (Fsp3) is 0.133.